The summed E-state index contributed by atoms with van der Waals surface area (Å²) in [6.07, 6.45) is 7.67. The van der Waals surface area contributed by atoms with Gasteiger partial charge in [0.2, 0.25) is 11.8 Å². The first kappa shape index (κ1) is 16.6. The van der Waals surface area contributed by atoms with E-state index in [0.717, 1.165) is 69.5 Å². The number of nitrogens with zero attached hydrogens (tertiary/aromatic N) is 1. The molecule has 3 aliphatic rings. The van der Waals surface area contributed by atoms with Gasteiger partial charge in [-0.25, -0.2) is 0 Å². The number of carbonyl (C=O) groups excluding carboxylic acids is 2. The van der Waals surface area contributed by atoms with Gasteiger partial charge >= 0.3 is 0 Å². The third kappa shape index (κ3) is 3.87. The number of fused-ring (bicyclic) bond motifs is 1. The average molecular weight is 342 g/mol. The number of nitrogens with one attached hydrogen (secondary N) is 1. The number of carbonyl (C=O) groups is 2. The lowest BCUT2D eigenvalue weighted by molar-refractivity contribution is -0.120. The third-order valence-electron chi connectivity index (χ3n) is 5.37. The normalized spacial score (nSPS) is 23.0. The predicted octanol–water partition coefficient (Wildman–Crippen LogP) is 3.27. The van der Waals surface area contributed by atoms with Crippen molar-refractivity contribution in [2.24, 2.45) is 5.92 Å². The van der Waals surface area contributed by atoms with Crippen molar-refractivity contribution in [1.29, 1.82) is 0 Å². The summed E-state index contributed by atoms with van der Waals surface area (Å²) in [4.78, 5) is 26.8. The number of anilines is 2. The molecule has 5 heteroatoms. The van der Waals surface area contributed by atoms with Crippen LogP contribution >= 0.6 is 0 Å². The molecule has 2 amide bonds. The van der Waals surface area contributed by atoms with E-state index in [-0.39, 0.29) is 23.8 Å². The molecule has 1 saturated carbocycles. The number of amides is 2. The molecule has 4 rings (SSSR count). The Labute approximate surface area is 148 Å². The molecule has 1 aliphatic carbocycles. The monoisotopic (exact) mass is 342 g/mol. The fourth-order valence-corrected chi connectivity index (χ4v) is 3.82. The van der Waals surface area contributed by atoms with E-state index in [1.165, 1.54) is 5.56 Å². The Bertz CT molecular complexity index is 663. The molecule has 1 saturated heterocycles. The van der Waals surface area contributed by atoms with E-state index in [2.05, 4.69) is 5.32 Å². The highest BCUT2D eigenvalue weighted by atomic mass is 16.5. The molecule has 134 valence electrons. The molecule has 1 atom stereocenters. The Kier molecular flexibility index (Phi) is 4.75. The van der Waals surface area contributed by atoms with E-state index >= 15 is 0 Å². The van der Waals surface area contributed by atoms with Crippen LogP contribution in [0.4, 0.5) is 11.4 Å². The maximum absolute atomic E-state index is 12.5. The molecule has 0 spiro atoms. The van der Waals surface area contributed by atoms with Gasteiger partial charge in [-0.1, -0.05) is 6.07 Å². The second-order valence-electron chi connectivity index (χ2n) is 7.45. The Morgan fingerprint density at radius 1 is 1.16 bits per heavy atom. The van der Waals surface area contributed by atoms with Gasteiger partial charge in [-0.2, -0.15) is 0 Å². The number of rotatable bonds is 4. The molecule has 1 aromatic carbocycles. The summed E-state index contributed by atoms with van der Waals surface area (Å²) in [5, 5.41) is 2.99. The molecule has 5 nitrogen and oxygen atoms in total. The Balaban J connectivity index is 1.44. The van der Waals surface area contributed by atoms with Crippen molar-refractivity contribution in [3.8, 4) is 0 Å². The van der Waals surface area contributed by atoms with Crippen molar-refractivity contribution in [2.75, 3.05) is 23.4 Å². The van der Waals surface area contributed by atoms with Crippen molar-refractivity contribution in [2.45, 2.75) is 57.5 Å². The van der Waals surface area contributed by atoms with Gasteiger partial charge < -0.3 is 15.0 Å². The van der Waals surface area contributed by atoms with E-state index in [4.69, 9.17) is 4.74 Å². The molecule has 2 fully saturated rings. The minimum Gasteiger partial charge on any atom is -0.378 e. The zero-order valence-corrected chi connectivity index (χ0v) is 14.6. The molecule has 0 radical (unpaired) electrons. The summed E-state index contributed by atoms with van der Waals surface area (Å²) in [7, 11) is 0. The number of ether oxygens (including phenoxy) is 1. The molecule has 1 aromatic rings. The van der Waals surface area contributed by atoms with Gasteiger partial charge in [0.1, 0.15) is 0 Å². The molecule has 25 heavy (non-hydrogen) atoms. The standard InChI is InChI=1S/C20H26N2O3/c23-19(13-17-5-1-2-11-25-17)21-16-9-8-14-4-3-10-22(18(14)12-16)20(24)15-6-7-15/h8-9,12,15,17H,1-7,10-11,13H2,(H,21,23). The van der Waals surface area contributed by atoms with Gasteiger partial charge in [-0.05, 0) is 62.6 Å². The highest BCUT2D eigenvalue weighted by Crippen LogP contribution is 2.37. The van der Waals surface area contributed by atoms with Crippen LogP contribution in [0.25, 0.3) is 0 Å². The average Bonchev–Trinajstić information content (AvgIpc) is 3.46. The first-order valence-corrected chi connectivity index (χ1v) is 9.56. The number of hydrogen-bond donors (Lipinski definition) is 1. The van der Waals surface area contributed by atoms with E-state index in [0.29, 0.717) is 6.42 Å². The molecule has 1 N–H and O–H groups in total. The van der Waals surface area contributed by atoms with Crippen LogP contribution in [0.2, 0.25) is 0 Å². The maximum Gasteiger partial charge on any atom is 0.230 e. The van der Waals surface area contributed by atoms with Crippen LogP contribution < -0.4 is 10.2 Å². The van der Waals surface area contributed by atoms with Crippen LogP contribution in [0.5, 0.6) is 0 Å². The van der Waals surface area contributed by atoms with Gasteiger partial charge in [-0.3, -0.25) is 9.59 Å². The molecule has 2 aliphatic heterocycles. The second-order valence-corrected chi connectivity index (χ2v) is 7.45. The highest BCUT2D eigenvalue weighted by molar-refractivity contribution is 5.99. The summed E-state index contributed by atoms with van der Waals surface area (Å²) in [5.74, 6) is 0.454. The predicted molar refractivity (Wildman–Crippen MR) is 96.7 cm³/mol. The lowest BCUT2D eigenvalue weighted by Gasteiger charge is -2.30. The van der Waals surface area contributed by atoms with Gasteiger partial charge in [0, 0.05) is 30.4 Å². The fourth-order valence-electron chi connectivity index (χ4n) is 3.82. The van der Waals surface area contributed by atoms with Crippen LogP contribution in [0.15, 0.2) is 18.2 Å². The zero-order valence-electron chi connectivity index (χ0n) is 14.6. The largest absolute Gasteiger partial charge is 0.378 e. The molecular weight excluding hydrogens is 316 g/mol. The van der Waals surface area contributed by atoms with Crippen molar-refractivity contribution in [3.05, 3.63) is 23.8 Å². The zero-order chi connectivity index (χ0) is 17.2. The van der Waals surface area contributed by atoms with Crippen LogP contribution in [0, 0.1) is 5.92 Å². The van der Waals surface area contributed by atoms with Gasteiger partial charge in [-0.15, -0.1) is 0 Å². The summed E-state index contributed by atoms with van der Waals surface area (Å²) >= 11 is 0. The molecule has 0 bridgehead atoms. The van der Waals surface area contributed by atoms with Crippen LogP contribution in [0.1, 0.15) is 50.5 Å². The topological polar surface area (TPSA) is 58.6 Å². The fraction of sp³-hybridized carbons (Fsp3) is 0.600. The third-order valence-corrected chi connectivity index (χ3v) is 5.37. The van der Waals surface area contributed by atoms with Crippen molar-refractivity contribution < 1.29 is 14.3 Å². The van der Waals surface area contributed by atoms with Gasteiger partial charge in [0.05, 0.1) is 12.5 Å². The van der Waals surface area contributed by atoms with E-state index in [9.17, 15) is 9.59 Å². The smallest absolute Gasteiger partial charge is 0.230 e. The first-order valence-electron chi connectivity index (χ1n) is 9.56. The summed E-state index contributed by atoms with van der Waals surface area (Å²) in [6.45, 7) is 1.55. The van der Waals surface area contributed by atoms with Gasteiger partial charge in [0.25, 0.3) is 0 Å². The number of aryl methyl sites for hydroxylation is 1. The lowest BCUT2D eigenvalue weighted by atomic mass is 10.0. The molecular formula is C20H26N2O3. The molecule has 1 unspecified atom stereocenters. The Morgan fingerprint density at radius 2 is 2.04 bits per heavy atom. The summed E-state index contributed by atoms with van der Waals surface area (Å²) in [6, 6.07) is 5.96. The summed E-state index contributed by atoms with van der Waals surface area (Å²) in [5.41, 5.74) is 2.96. The van der Waals surface area contributed by atoms with Gasteiger partial charge in [0.15, 0.2) is 0 Å². The van der Waals surface area contributed by atoms with Crippen molar-refractivity contribution in [1.82, 2.24) is 0 Å². The SMILES string of the molecule is O=C(CC1CCCCO1)Nc1ccc2c(c1)N(C(=O)C1CC1)CCC2. The first-order chi connectivity index (χ1) is 12.2. The van der Waals surface area contributed by atoms with Crippen LogP contribution in [-0.4, -0.2) is 31.1 Å². The number of hydrogen-bond acceptors (Lipinski definition) is 3. The second kappa shape index (κ2) is 7.16. The lowest BCUT2D eigenvalue weighted by Crippen LogP contribution is -2.36. The van der Waals surface area contributed by atoms with Crippen LogP contribution in [-0.2, 0) is 20.7 Å². The molecule has 2 heterocycles. The van der Waals surface area contributed by atoms with E-state index in [1.807, 2.05) is 23.1 Å². The minimum absolute atomic E-state index is 0.0114. The Hall–Kier alpha value is -1.88. The maximum atomic E-state index is 12.5. The van der Waals surface area contributed by atoms with E-state index in [1.54, 1.807) is 0 Å². The van der Waals surface area contributed by atoms with Crippen LogP contribution in [0.3, 0.4) is 0 Å². The number of benzene rings is 1. The van der Waals surface area contributed by atoms with Crippen molar-refractivity contribution >= 4 is 23.2 Å². The van der Waals surface area contributed by atoms with E-state index < -0.39 is 0 Å². The molecule has 0 aromatic heterocycles. The minimum atomic E-state index is -0.0114. The quantitative estimate of drug-likeness (QED) is 0.913. The Morgan fingerprint density at radius 3 is 2.80 bits per heavy atom. The highest BCUT2D eigenvalue weighted by Gasteiger charge is 2.35. The van der Waals surface area contributed by atoms with Crippen molar-refractivity contribution in [3.63, 3.8) is 0 Å². The summed E-state index contributed by atoms with van der Waals surface area (Å²) < 4.78 is 5.64.